The van der Waals surface area contributed by atoms with Gasteiger partial charge >= 0.3 is 0 Å². The lowest BCUT2D eigenvalue weighted by molar-refractivity contribution is -0.134. The average molecular weight is 429 g/mol. The van der Waals surface area contributed by atoms with Crippen LogP contribution in [-0.4, -0.2) is 56.3 Å². The van der Waals surface area contributed by atoms with Crippen molar-refractivity contribution in [1.82, 2.24) is 9.21 Å². The molecule has 1 aliphatic rings. The van der Waals surface area contributed by atoms with E-state index in [1.54, 1.807) is 47.4 Å². The topological polar surface area (TPSA) is 66.9 Å². The molecule has 0 bridgehead atoms. The predicted molar refractivity (Wildman–Crippen MR) is 104 cm³/mol. The van der Waals surface area contributed by atoms with Gasteiger partial charge in [0.2, 0.25) is 10.0 Å². The van der Waals surface area contributed by atoms with Crippen molar-refractivity contribution in [2.75, 3.05) is 32.8 Å². The second-order valence-electron chi connectivity index (χ2n) is 5.96. The summed E-state index contributed by atoms with van der Waals surface area (Å²) in [6.45, 7) is 0.901. The minimum Gasteiger partial charge on any atom is -0.484 e. The molecule has 0 radical (unpaired) electrons. The molecule has 1 heterocycles. The van der Waals surface area contributed by atoms with Crippen LogP contribution in [0.25, 0.3) is 0 Å². The van der Waals surface area contributed by atoms with Crippen molar-refractivity contribution in [2.45, 2.75) is 4.90 Å². The molecule has 0 aromatic heterocycles. The van der Waals surface area contributed by atoms with Crippen molar-refractivity contribution in [3.8, 4) is 5.75 Å². The zero-order valence-corrected chi connectivity index (χ0v) is 16.7. The number of hydrogen-bond acceptors (Lipinski definition) is 4. The van der Waals surface area contributed by atoms with E-state index in [9.17, 15) is 13.2 Å². The number of sulfonamides is 1. The normalized spacial score (nSPS) is 15.6. The Kier molecular flexibility index (Phi) is 6.26. The Bertz CT molecular complexity index is 911. The molecular formula is C18H18Cl2N2O4S. The second kappa shape index (κ2) is 8.48. The van der Waals surface area contributed by atoms with Crippen LogP contribution >= 0.6 is 23.2 Å². The van der Waals surface area contributed by atoms with Gasteiger partial charge in [0.05, 0.1) is 5.02 Å². The lowest BCUT2D eigenvalue weighted by Gasteiger charge is -2.34. The van der Waals surface area contributed by atoms with Gasteiger partial charge < -0.3 is 9.64 Å². The third kappa shape index (κ3) is 4.73. The van der Waals surface area contributed by atoms with Gasteiger partial charge in [0.25, 0.3) is 5.91 Å². The van der Waals surface area contributed by atoms with Gasteiger partial charge in [-0.3, -0.25) is 4.79 Å². The molecule has 0 aliphatic carbocycles. The maximum Gasteiger partial charge on any atom is 0.260 e. The van der Waals surface area contributed by atoms with Crippen molar-refractivity contribution in [3.63, 3.8) is 0 Å². The number of benzene rings is 2. The zero-order chi connectivity index (χ0) is 19.4. The maximum absolute atomic E-state index is 12.7. The van der Waals surface area contributed by atoms with Crippen molar-refractivity contribution in [2.24, 2.45) is 0 Å². The van der Waals surface area contributed by atoms with Crippen LogP contribution in [0, 0.1) is 0 Å². The highest BCUT2D eigenvalue weighted by molar-refractivity contribution is 7.89. The minimum absolute atomic E-state index is 0.0810. The highest BCUT2D eigenvalue weighted by atomic mass is 35.5. The van der Waals surface area contributed by atoms with E-state index in [0.717, 1.165) is 0 Å². The predicted octanol–water partition coefficient (Wildman–Crippen LogP) is 2.91. The highest BCUT2D eigenvalue weighted by Crippen LogP contribution is 2.25. The number of rotatable bonds is 5. The van der Waals surface area contributed by atoms with Gasteiger partial charge in [-0.15, -0.1) is 0 Å². The third-order valence-electron chi connectivity index (χ3n) is 4.22. The number of carbonyl (C=O) groups is 1. The van der Waals surface area contributed by atoms with E-state index in [-0.39, 0.29) is 35.5 Å². The lowest BCUT2D eigenvalue weighted by atomic mass is 10.3. The molecule has 1 saturated heterocycles. The van der Waals surface area contributed by atoms with E-state index in [1.165, 1.54) is 10.4 Å². The van der Waals surface area contributed by atoms with Crippen LogP contribution in [-0.2, 0) is 14.8 Å². The molecular weight excluding hydrogens is 411 g/mol. The Hall–Kier alpha value is -1.80. The van der Waals surface area contributed by atoms with Gasteiger partial charge in [-0.1, -0.05) is 35.3 Å². The van der Waals surface area contributed by atoms with Gasteiger partial charge in [0.15, 0.2) is 6.61 Å². The fraction of sp³-hybridized carbons (Fsp3) is 0.278. The van der Waals surface area contributed by atoms with E-state index < -0.39 is 10.0 Å². The first-order valence-electron chi connectivity index (χ1n) is 8.29. The van der Waals surface area contributed by atoms with Crippen molar-refractivity contribution in [3.05, 3.63) is 58.6 Å². The van der Waals surface area contributed by atoms with Crippen LogP contribution in [0.5, 0.6) is 5.75 Å². The van der Waals surface area contributed by atoms with E-state index in [4.69, 9.17) is 27.9 Å². The molecule has 0 saturated carbocycles. The van der Waals surface area contributed by atoms with Gasteiger partial charge in [0.1, 0.15) is 10.6 Å². The molecule has 0 atom stereocenters. The van der Waals surface area contributed by atoms with Crippen LogP contribution in [0.2, 0.25) is 10.0 Å². The summed E-state index contributed by atoms with van der Waals surface area (Å²) in [5.41, 5.74) is 0. The summed E-state index contributed by atoms with van der Waals surface area (Å²) < 4.78 is 32.3. The number of piperazine rings is 1. The molecule has 9 heteroatoms. The number of amides is 1. The summed E-state index contributed by atoms with van der Waals surface area (Å²) >= 11 is 11.8. The number of carbonyl (C=O) groups excluding carboxylic acids is 1. The molecule has 2 aromatic carbocycles. The number of halogens is 2. The van der Waals surface area contributed by atoms with Crippen molar-refractivity contribution in [1.29, 1.82) is 0 Å². The Morgan fingerprint density at radius 1 is 0.963 bits per heavy atom. The first-order chi connectivity index (χ1) is 12.9. The first-order valence-corrected chi connectivity index (χ1v) is 10.5. The summed E-state index contributed by atoms with van der Waals surface area (Å²) in [6, 6.07) is 13.1. The van der Waals surface area contributed by atoms with E-state index in [2.05, 4.69) is 0 Å². The molecule has 1 fully saturated rings. The summed E-state index contributed by atoms with van der Waals surface area (Å²) in [5, 5.41) is 0.775. The van der Waals surface area contributed by atoms with Crippen LogP contribution in [0.1, 0.15) is 0 Å². The fourth-order valence-electron chi connectivity index (χ4n) is 2.74. The first kappa shape index (κ1) is 19.9. The lowest BCUT2D eigenvalue weighted by Crippen LogP contribution is -2.51. The standard InChI is InChI=1S/C18H18Cl2N2O4S/c19-14-5-7-15(8-6-14)26-13-18(23)21-9-11-22(12-10-21)27(24,25)17-4-2-1-3-16(17)20/h1-8H,9-13H2. The van der Waals surface area contributed by atoms with Crippen LogP contribution in [0.4, 0.5) is 0 Å². The summed E-state index contributed by atoms with van der Waals surface area (Å²) in [6.07, 6.45) is 0. The van der Waals surface area contributed by atoms with Crippen molar-refractivity contribution >= 4 is 39.1 Å². The zero-order valence-electron chi connectivity index (χ0n) is 14.3. The second-order valence-corrected chi connectivity index (χ2v) is 8.71. The van der Waals surface area contributed by atoms with E-state index in [0.29, 0.717) is 23.9 Å². The quantitative estimate of drug-likeness (QED) is 0.733. The van der Waals surface area contributed by atoms with Crippen LogP contribution < -0.4 is 4.74 Å². The molecule has 1 amide bonds. The highest BCUT2D eigenvalue weighted by Gasteiger charge is 2.31. The molecule has 0 N–H and O–H groups in total. The largest absolute Gasteiger partial charge is 0.484 e. The SMILES string of the molecule is O=C(COc1ccc(Cl)cc1)N1CCN(S(=O)(=O)c2ccccc2Cl)CC1. The van der Waals surface area contributed by atoms with Crippen molar-refractivity contribution < 1.29 is 17.9 Å². The molecule has 144 valence electrons. The fourth-order valence-corrected chi connectivity index (χ4v) is 4.78. The summed E-state index contributed by atoms with van der Waals surface area (Å²) in [5.74, 6) is 0.354. The number of nitrogens with zero attached hydrogens (tertiary/aromatic N) is 2. The Morgan fingerprint density at radius 3 is 2.22 bits per heavy atom. The molecule has 0 spiro atoms. The van der Waals surface area contributed by atoms with Gasteiger partial charge in [-0.25, -0.2) is 8.42 Å². The third-order valence-corrected chi connectivity index (χ3v) is 6.87. The molecule has 0 unspecified atom stereocenters. The molecule has 27 heavy (non-hydrogen) atoms. The molecule has 1 aliphatic heterocycles. The van der Waals surface area contributed by atoms with E-state index in [1.807, 2.05) is 0 Å². The van der Waals surface area contributed by atoms with Crippen LogP contribution in [0.3, 0.4) is 0 Å². The Labute approximate surface area is 168 Å². The Balaban J connectivity index is 1.56. The average Bonchev–Trinajstić information content (AvgIpc) is 2.67. The van der Waals surface area contributed by atoms with E-state index >= 15 is 0 Å². The monoisotopic (exact) mass is 428 g/mol. The van der Waals surface area contributed by atoms with Gasteiger partial charge in [-0.2, -0.15) is 4.31 Å². The van der Waals surface area contributed by atoms with Gasteiger partial charge in [0, 0.05) is 31.2 Å². The smallest absolute Gasteiger partial charge is 0.260 e. The minimum atomic E-state index is -3.68. The number of ether oxygens (including phenoxy) is 1. The van der Waals surface area contributed by atoms with Crippen LogP contribution in [0.15, 0.2) is 53.4 Å². The number of hydrogen-bond donors (Lipinski definition) is 0. The summed E-state index contributed by atoms with van der Waals surface area (Å²) in [4.78, 5) is 14.0. The van der Waals surface area contributed by atoms with Gasteiger partial charge in [-0.05, 0) is 36.4 Å². The Morgan fingerprint density at radius 2 is 1.59 bits per heavy atom. The molecule has 2 aromatic rings. The molecule has 3 rings (SSSR count). The molecule has 6 nitrogen and oxygen atoms in total. The summed E-state index contributed by atoms with van der Waals surface area (Å²) in [7, 11) is -3.68. The maximum atomic E-state index is 12.7.